The molecular weight excluding hydrogens is 430 g/mol. The fourth-order valence-corrected chi connectivity index (χ4v) is 4.91. The molecule has 3 aromatic heterocycles. The maximum atomic E-state index is 12.8. The van der Waals surface area contributed by atoms with Crippen molar-refractivity contribution in [3.05, 3.63) is 29.3 Å². The number of carbonyl (C=O) groups excluding carboxylic acids is 1. The van der Waals surface area contributed by atoms with Crippen molar-refractivity contribution in [2.75, 3.05) is 5.32 Å². The van der Waals surface area contributed by atoms with Crippen LogP contribution in [-0.4, -0.2) is 41.1 Å². The molecule has 1 N–H and O–H groups in total. The van der Waals surface area contributed by atoms with E-state index in [1.807, 2.05) is 25.1 Å². The van der Waals surface area contributed by atoms with Crippen molar-refractivity contribution in [2.45, 2.75) is 63.4 Å². The minimum Gasteiger partial charge on any atom is -0.324 e. The lowest BCUT2D eigenvalue weighted by Gasteiger charge is -2.12. The second kappa shape index (κ2) is 9.27. The molecule has 0 spiro atoms. The van der Waals surface area contributed by atoms with Crippen LogP contribution in [0, 0.1) is 0 Å². The van der Waals surface area contributed by atoms with E-state index in [0.29, 0.717) is 16.7 Å². The number of fused-ring (bicyclic) bond motifs is 3. The Balaban J connectivity index is 1.59. The highest BCUT2D eigenvalue weighted by molar-refractivity contribution is 8.00. The summed E-state index contributed by atoms with van der Waals surface area (Å²) in [6.45, 7) is 9.06. The first-order chi connectivity index (χ1) is 15.0. The molecule has 0 aliphatic heterocycles. The lowest BCUT2D eigenvalue weighted by molar-refractivity contribution is -0.115. The number of carbonyl (C=O) groups is 1. The molecule has 31 heavy (non-hydrogen) atoms. The number of nitrogens with zero attached hydrogens (tertiary/aromatic N) is 6. The fourth-order valence-electron chi connectivity index (χ4n) is 3.34. The van der Waals surface area contributed by atoms with Crippen molar-refractivity contribution in [1.29, 1.82) is 0 Å². The Morgan fingerprint density at radius 1 is 1.16 bits per heavy atom. The molecule has 1 unspecified atom stereocenters. The van der Waals surface area contributed by atoms with E-state index < -0.39 is 0 Å². The monoisotopic (exact) mass is 455 g/mol. The number of hydrogen-bond acceptors (Lipinski definition) is 8. The van der Waals surface area contributed by atoms with E-state index in [9.17, 15) is 4.79 Å². The third-order valence-corrected chi connectivity index (χ3v) is 7.23. The molecule has 1 amide bonds. The molecular formula is C21H25N7OS2. The van der Waals surface area contributed by atoms with Crippen LogP contribution in [0.2, 0.25) is 0 Å². The van der Waals surface area contributed by atoms with Crippen molar-refractivity contribution in [3.63, 3.8) is 0 Å². The summed E-state index contributed by atoms with van der Waals surface area (Å²) in [6.07, 6.45) is 1.62. The summed E-state index contributed by atoms with van der Waals surface area (Å²) in [5.74, 6) is 0.150. The summed E-state index contributed by atoms with van der Waals surface area (Å²) in [5.41, 5.74) is 2.70. The predicted molar refractivity (Wildman–Crippen MR) is 126 cm³/mol. The van der Waals surface area contributed by atoms with Crippen LogP contribution in [0.25, 0.3) is 22.1 Å². The lowest BCUT2D eigenvalue weighted by atomic mass is 10.2. The predicted octanol–water partition coefficient (Wildman–Crippen LogP) is 4.87. The van der Waals surface area contributed by atoms with Gasteiger partial charge in [-0.1, -0.05) is 69.0 Å². The zero-order valence-corrected chi connectivity index (χ0v) is 19.6. The van der Waals surface area contributed by atoms with Crippen molar-refractivity contribution in [2.24, 2.45) is 0 Å². The van der Waals surface area contributed by atoms with Crippen LogP contribution in [-0.2, 0) is 11.3 Å². The van der Waals surface area contributed by atoms with Gasteiger partial charge in [0.25, 0.3) is 0 Å². The Bertz CT molecular complexity index is 1220. The molecule has 3 heterocycles. The summed E-state index contributed by atoms with van der Waals surface area (Å²) >= 11 is 2.73. The summed E-state index contributed by atoms with van der Waals surface area (Å²) in [5, 5.41) is 22.5. The van der Waals surface area contributed by atoms with E-state index in [4.69, 9.17) is 4.98 Å². The zero-order valence-electron chi connectivity index (χ0n) is 18.0. The summed E-state index contributed by atoms with van der Waals surface area (Å²) in [4.78, 5) is 17.6. The highest BCUT2D eigenvalue weighted by atomic mass is 32.2. The Hall–Kier alpha value is -2.59. The molecule has 0 aliphatic carbocycles. The Kier molecular flexibility index (Phi) is 6.47. The highest BCUT2D eigenvalue weighted by Gasteiger charge is 2.23. The molecule has 10 heteroatoms. The summed E-state index contributed by atoms with van der Waals surface area (Å²) < 4.78 is 2.18. The highest BCUT2D eigenvalue weighted by Crippen LogP contribution is 2.30. The number of para-hydroxylation sites is 1. The number of nitrogens with one attached hydrogen (secondary N) is 1. The van der Waals surface area contributed by atoms with Gasteiger partial charge in [-0.3, -0.25) is 10.1 Å². The van der Waals surface area contributed by atoms with Crippen molar-refractivity contribution in [3.8, 4) is 0 Å². The first-order valence-corrected chi connectivity index (χ1v) is 12.1. The van der Waals surface area contributed by atoms with Gasteiger partial charge in [-0.15, -0.1) is 20.4 Å². The van der Waals surface area contributed by atoms with E-state index >= 15 is 0 Å². The maximum absolute atomic E-state index is 12.8. The number of benzene rings is 1. The average molecular weight is 456 g/mol. The Morgan fingerprint density at radius 3 is 2.68 bits per heavy atom. The van der Waals surface area contributed by atoms with E-state index in [2.05, 4.69) is 57.1 Å². The van der Waals surface area contributed by atoms with Crippen LogP contribution in [0.15, 0.2) is 29.4 Å². The zero-order chi connectivity index (χ0) is 22.0. The molecule has 4 rings (SSSR count). The van der Waals surface area contributed by atoms with Crippen LogP contribution in [0.4, 0.5) is 5.13 Å². The van der Waals surface area contributed by atoms with Crippen LogP contribution in [0.5, 0.6) is 0 Å². The van der Waals surface area contributed by atoms with Gasteiger partial charge >= 0.3 is 0 Å². The Morgan fingerprint density at radius 2 is 1.97 bits per heavy atom. The molecule has 0 bridgehead atoms. The largest absolute Gasteiger partial charge is 0.324 e. The number of amides is 1. The molecule has 8 nitrogen and oxygen atoms in total. The van der Waals surface area contributed by atoms with Crippen molar-refractivity contribution < 1.29 is 4.79 Å². The number of thioether (sulfide) groups is 1. The van der Waals surface area contributed by atoms with Gasteiger partial charge in [0.15, 0.2) is 5.65 Å². The van der Waals surface area contributed by atoms with Gasteiger partial charge in [0.2, 0.25) is 16.2 Å². The van der Waals surface area contributed by atoms with E-state index in [-0.39, 0.29) is 17.1 Å². The molecule has 1 aromatic carbocycles. The topological polar surface area (TPSA) is 98.5 Å². The standard InChI is InChI=1S/C21H25N7OS2/c1-5-11-28-14-10-8-7-9-13(14)16-17(28)22-20(26-24-16)30-15(6-2)18(29)23-21-27-25-19(31-21)12(3)4/h7-10,12,15H,5-6,11H2,1-4H3,(H,23,27,29). The van der Waals surface area contributed by atoms with Crippen molar-refractivity contribution in [1.82, 2.24) is 29.9 Å². The van der Waals surface area contributed by atoms with Gasteiger partial charge in [0.05, 0.1) is 10.8 Å². The van der Waals surface area contributed by atoms with E-state index in [1.165, 1.54) is 23.1 Å². The number of hydrogen-bond donors (Lipinski definition) is 1. The van der Waals surface area contributed by atoms with E-state index in [1.54, 1.807) is 0 Å². The van der Waals surface area contributed by atoms with Crippen molar-refractivity contribution >= 4 is 56.2 Å². The third kappa shape index (κ3) is 4.40. The molecule has 0 aliphatic rings. The molecule has 4 aromatic rings. The quantitative estimate of drug-likeness (QED) is 0.378. The van der Waals surface area contributed by atoms with Gasteiger partial charge < -0.3 is 4.57 Å². The van der Waals surface area contributed by atoms with Gasteiger partial charge in [-0.05, 0) is 18.9 Å². The third-order valence-electron chi connectivity index (χ3n) is 4.88. The molecule has 0 fully saturated rings. The minimum atomic E-state index is -0.352. The number of aryl methyl sites for hydroxylation is 1. The van der Waals surface area contributed by atoms with Gasteiger partial charge in [0.1, 0.15) is 10.5 Å². The summed E-state index contributed by atoms with van der Waals surface area (Å²) in [6, 6.07) is 8.14. The average Bonchev–Trinajstić information content (AvgIpc) is 3.35. The lowest BCUT2D eigenvalue weighted by Crippen LogP contribution is -2.24. The van der Waals surface area contributed by atoms with Crippen LogP contribution < -0.4 is 5.32 Å². The SMILES string of the molecule is CCCn1c2ccccc2c2nnc(SC(CC)C(=O)Nc3nnc(C(C)C)s3)nc21. The van der Waals surface area contributed by atoms with Crippen LogP contribution in [0.3, 0.4) is 0 Å². The van der Waals surface area contributed by atoms with Gasteiger partial charge in [-0.2, -0.15) is 0 Å². The second-order valence-corrected chi connectivity index (χ2v) is 9.72. The fraction of sp³-hybridized carbons (Fsp3) is 0.429. The number of aromatic nitrogens is 6. The molecule has 162 valence electrons. The second-order valence-electron chi connectivity index (χ2n) is 7.54. The molecule has 0 saturated heterocycles. The molecule has 0 radical (unpaired) electrons. The van der Waals surface area contributed by atoms with Gasteiger partial charge in [-0.25, -0.2) is 4.98 Å². The molecule has 1 atom stereocenters. The van der Waals surface area contributed by atoms with E-state index in [0.717, 1.165) is 40.0 Å². The van der Waals surface area contributed by atoms with Crippen LogP contribution in [0.1, 0.15) is 51.5 Å². The maximum Gasteiger partial charge on any atom is 0.239 e. The first-order valence-electron chi connectivity index (χ1n) is 10.4. The van der Waals surface area contributed by atoms with Gasteiger partial charge in [0, 0.05) is 17.8 Å². The summed E-state index contributed by atoms with van der Waals surface area (Å²) in [7, 11) is 0. The molecule has 0 saturated carbocycles. The number of rotatable bonds is 8. The Labute approximate surface area is 188 Å². The smallest absolute Gasteiger partial charge is 0.239 e. The minimum absolute atomic E-state index is 0.128. The van der Waals surface area contributed by atoms with Crippen LogP contribution >= 0.6 is 23.1 Å². The number of anilines is 1. The normalized spacial score (nSPS) is 12.7. The first kappa shape index (κ1) is 21.6.